The predicted octanol–water partition coefficient (Wildman–Crippen LogP) is 1.61. The van der Waals surface area contributed by atoms with Gasteiger partial charge in [0.15, 0.2) is 4.77 Å². The van der Waals surface area contributed by atoms with Gasteiger partial charge in [-0.3, -0.25) is 9.78 Å². The van der Waals surface area contributed by atoms with E-state index < -0.39 is 11.4 Å². The van der Waals surface area contributed by atoms with Crippen molar-refractivity contribution < 1.29 is 9.50 Å². The van der Waals surface area contributed by atoms with Crippen molar-refractivity contribution >= 4 is 12.2 Å². The molecule has 0 bridgehead atoms. The van der Waals surface area contributed by atoms with Gasteiger partial charge in [-0.05, 0) is 35.8 Å². The Hall–Kier alpha value is -1.99. The van der Waals surface area contributed by atoms with Crippen LogP contribution in [0.2, 0.25) is 0 Å². The maximum Gasteiger partial charge on any atom is 0.254 e. The maximum atomic E-state index is 12.7. The van der Waals surface area contributed by atoms with Gasteiger partial charge >= 0.3 is 0 Å². The molecule has 1 aromatic carbocycles. The van der Waals surface area contributed by atoms with Gasteiger partial charge in [-0.25, -0.2) is 4.39 Å². The summed E-state index contributed by atoms with van der Waals surface area (Å²) in [5.41, 5.74) is 0.229. The molecular weight excluding hydrogens is 257 g/mol. The lowest BCUT2D eigenvalue weighted by Gasteiger charge is -2.11. The van der Waals surface area contributed by atoms with Gasteiger partial charge in [0.05, 0.1) is 0 Å². The molecule has 18 heavy (non-hydrogen) atoms. The van der Waals surface area contributed by atoms with Crippen LogP contribution in [-0.4, -0.2) is 9.97 Å². The number of benzene rings is 1. The topological polar surface area (TPSA) is 108 Å². The third-order valence-electron chi connectivity index (χ3n) is 2.30. The minimum atomic E-state index is -0.511. The quantitative estimate of drug-likeness (QED) is 0.720. The number of hydrogen-bond donors (Lipinski definition) is 3. The van der Waals surface area contributed by atoms with E-state index in [4.69, 9.17) is 0 Å². The van der Waals surface area contributed by atoms with Crippen molar-refractivity contribution in [1.82, 2.24) is 16.1 Å². The van der Waals surface area contributed by atoms with E-state index in [-0.39, 0.29) is 28.7 Å². The van der Waals surface area contributed by atoms with Crippen LogP contribution in [0.3, 0.4) is 0 Å². The summed E-state index contributed by atoms with van der Waals surface area (Å²) in [6.45, 7) is 0. The number of aromatic amines is 2. The summed E-state index contributed by atoms with van der Waals surface area (Å²) in [5.74, 6) is -0.874. The average molecular weight is 269 g/mol. The van der Waals surface area contributed by atoms with E-state index in [1.165, 1.54) is 24.3 Å². The molecule has 0 amide bonds. The van der Waals surface area contributed by atoms with E-state index in [2.05, 4.69) is 22.2 Å². The van der Waals surface area contributed by atoms with Crippen molar-refractivity contribution in [3.05, 3.63) is 56.3 Å². The third-order valence-corrected chi connectivity index (χ3v) is 2.50. The molecule has 0 unspecified atom stereocenters. The van der Waals surface area contributed by atoms with Crippen LogP contribution in [0.5, 0.6) is 5.88 Å². The summed E-state index contributed by atoms with van der Waals surface area (Å²) >= 11 is 4.67. The molecule has 0 spiro atoms. The molecule has 6 N–H and O–H groups in total. The molecule has 5 nitrogen and oxygen atoms in total. The molecule has 0 saturated heterocycles. The van der Waals surface area contributed by atoms with Gasteiger partial charge in [0.2, 0.25) is 0 Å². The van der Waals surface area contributed by atoms with Crippen LogP contribution in [0.15, 0.2) is 29.1 Å². The van der Waals surface area contributed by atoms with Crippen LogP contribution in [0, 0.1) is 10.6 Å². The van der Waals surface area contributed by atoms with E-state index in [1.807, 2.05) is 0 Å². The number of aromatic nitrogens is 2. The van der Waals surface area contributed by atoms with Crippen LogP contribution in [0.4, 0.5) is 4.39 Å². The fraction of sp³-hybridized carbons (Fsp3) is 0.0909. The summed E-state index contributed by atoms with van der Waals surface area (Å²) in [6.07, 6.45) is 0.139. The number of halogens is 1. The second-order valence-corrected chi connectivity index (χ2v) is 3.93. The first-order valence-electron chi connectivity index (χ1n) is 4.83. The molecule has 0 atom stereocenters. The van der Waals surface area contributed by atoms with Gasteiger partial charge in [-0.15, -0.1) is 0 Å². The number of quaternary nitrogens is 1. The molecule has 0 aliphatic carbocycles. The second-order valence-electron chi connectivity index (χ2n) is 3.52. The number of rotatable bonds is 2. The molecular formula is C11H12FN3O2S. The van der Waals surface area contributed by atoms with E-state index in [1.54, 1.807) is 0 Å². The molecule has 0 aliphatic heterocycles. The molecule has 0 aliphatic rings. The maximum absolute atomic E-state index is 12.7. The molecule has 2 rings (SSSR count). The monoisotopic (exact) mass is 269 g/mol. The van der Waals surface area contributed by atoms with Crippen molar-refractivity contribution in [3.63, 3.8) is 0 Å². The van der Waals surface area contributed by atoms with E-state index in [9.17, 15) is 14.3 Å². The average Bonchev–Trinajstić information content (AvgIpc) is 2.26. The van der Waals surface area contributed by atoms with E-state index in [0.29, 0.717) is 5.56 Å². The Morgan fingerprint density at radius 2 is 1.83 bits per heavy atom. The first kappa shape index (κ1) is 14.1. The summed E-state index contributed by atoms with van der Waals surface area (Å²) < 4.78 is 12.7. The Morgan fingerprint density at radius 3 is 2.39 bits per heavy atom. The molecule has 2 aromatic rings. The molecule has 96 valence electrons. The fourth-order valence-electron chi connectivity index (χ4n) is 1.46. The number of H-pyrrole nitrogens is 2. The van der Waals surface area contributed by atoms with Gasteiger partial charge in [-0.1, -0.05) is 12.1 Å². The second kappa shape index (κ2) is 5.56. The molecule has 0 saturated carbocycles. The summed E-state index contributed by atoms with van der Waals surface area (Å²) in [4.78, 5) is 16.2. The van der Waals surface area contributed by atoms with Crippen LogP contribution < -0.4 is 16.8 Å². The SMILES string of the molecule is O=c1[nH]c(=S)[nH]c([O-])c1Cc1ccc(F)cc1.[NH4+]. The third kappa shape index (κ3) is 3.02. The fourth-order valence-corrected chi connectivity index (χ4v) is 1.64. The normalized spacial score (nSPS) is 9.83. The van der Waals surface area contributed by atoms with Gasteiger partial charge in [0.25, 0.3) is 5.56 Å². The molecule has 1 aromatic heterocycles. The largest absolute Gasteiger partial charge is 0.860 e. The summed E-state index contributed by atoms with van der Waals surface area (Å²) in [6, 6.07) is 5.60. The van der Waals surface area contributed by atoms with Crippen molar-refractivity contribution in [3.8, 4) is 5.88 Å². The lowest BCUT2D eigenvalue weighted by Crippen LogP contribution is -2.18. The van der Waals surface area contributed by atoms with Gasteiger partial charge in [0, 0.05) is 12.0 Å². The van der Waals surface area contributed by atoms with Crippen molar-refractivity contribution in [2.75, 3.05) is 0 Å². The Morgan fingerprint density at radius 1 is 1.22 bits per heavy atom. The van der Waals surface area contributed by atoms with Crippen molar-refractivity contribution in [2.24, 2.45) is 0 Å². The van der Waals surface area contributed by atoms with Crippen molar-refractivity contribution in [2.45, 2.75) is 6.42 Å². The van der Waals surface area contributed by atoms with Gasteiger partial charge in [-0.2, -0.15) is 0 Å². The van der Waals surface area contributed by atoms with Gasteiger partial charge in [0.1, 0.15) is 5.82 Å². The Bertz CT molecular complexity index is 649. The lowest BCUT2D eigenvalue weighted by molar-refractivity contribution is -0.276. The van der Waals surface area contributed by atoms with Crippen LogP contribution in [-0.2, 0) is 6.42 Å². The standard InChI is InChI=1S/C11H9FN2O2S.H3N/c12-7-3-1-6(2-4-7)5-8-9(15)13-11(17)14-10(8)16;/h1-4H,5H2,(H3,13,14,15,16,17);1H3. The van der Waals surface area contributed by atoms with E-state index in [0.717, 1.165) is 0 Å². The highest BCUT2D eigenvalue weighted by Gasteiger charge is 2.03. The smallest absolute Gasteiger partial charge is 0.254 e. The highest BCUT2D eigenvalue weighted by Crippen LogP contribution is 2.11. The zero-order chi connectivity index (χ0) is 12.4. The predicted molar refractivity (Wildman–Crippen MR) is 66.9 cm³/mol. The first-order valence-corrected chi connectivity index (χ1v) is 5.24. The zero-order valence-electron chi connectivity index (χ0n) is 9.62. The Balaban J connectivity index is 0.00000162. The van der Waals surface area contributed by atoms with Crippen LogP contribution in [0.1, 0.15) is 11.1 Å². The zero-order valence-corrected chi connectivity index (χ0v) is 10.4. The molecule has 0 fully saturated rings. The summed E-state index contributed by atoms with van der Waals surface area (Å²) in [5, 5.41) is 11.5. The highest BCUT2D eigenvalue weighted by atomic mass is 32.1. The number of hydrogen-bond acceptors (Lipinski definition) is 3. The first-order chi connectivity index (χ1) is 8.06. The molecule has 0 radical (unpaired) electrons. The Kier molecular flexibility index (Phi) is 4.35. The van der Waals surface area contributed by atoms with Crippen molar-refractivity contribution in [1.29, 1.82) is 0 Å². The van der Waals surface area contributed by atoms with Crippen LogP contribution in [0.25, 0.3) is 0 Å². The van der Waals surface area contributed by atoms with Crippen LogP contribution >= 0.6 is 12.2 Å². The highest BCUT2D eigenvalue weighted by molar-refractivity contribution is 7.71. The van der Waals surface area contributed by atoms with E-state index >= 15 is 0 Å². The Labute approximate surface area is 107 Å². The van der Waals surface area contributed by atoms with Gasteiger partial charge < -0.3 is 16.2 Å². The number of nitrogens with one attached hydrogen (secondary N) is 2. The lowest BCUT2D eigenvalue weighted by atomic mass is 10.1. The minimum absolute atomic E-state index is 0. The molecule has 1 heterocycles. The molecule has 7 heteroatoms. The minimum Gasteiger partial charge on any atom is -0.860 e. The summed E-state index contributed by atoms with van der Waals surface area (Å²) in [7, 11) is 0.